The number of carbonyl (C=O) groups is 1. The van der Waals surface area contributed by atoms with Gasteiger partial charge < -0.3 is 10.2 Å². The molecule has 1 atom stereocenters. The molecule has 3 rings (SSSR count). The maximum atomic E-state index is 12.9. The van der Waals surface area contributed by atoms with Crippen LogP contribution in [0.4, 0.5) is 4.39 Å². The van der Waals surface area contributed by atoms with Gasteiger partial charge in [0, 0.05) is 19.6 Å². The lowest BCUT2D eigenvalue weighted by molar-refractivity contribution is -0.145. The summed E-state index contributed by atoms with van der Waals surface area (Å²) in [4.78, 5) is 14.6. The summed E-state index contributed by atoms with van der Waals surface area (Å²) in [6.45, 7) is 3.17. The first-order valence-electron chi connectivity index (χ1n) is 6.94. The molecule has 0 unspecified atom stereocenters. The molecule has 1 amide bonds. The highest BCUT2D eigenvalue weighted by molar-refractivity contribution is 5.84. The van der Waals surface area contributed by atoms with Crippen LogP contribution >= 0.6 is 0 Å². The van der Waals surface area contributed by atoms with E-state index in [1.54, 1.807) is 12.1 Å². The number of amides is 1. The van der Waals surface area contributed by atoms with Gasteiger partial charge in [0.1, 0.15) is 5.82 Å². The van der Waals surface area contributed by atoms with Crippen LogP contribution in [0, 0.1) is 11.2 Å². The van der Waals surface area contributed by atoms with Gasteiger partial charge in [-0.25, -0.2) is 4.39 Å². The van der Waals surface area contributed by atoms with E-state index in [2.05, 4.69) is 5.32 Å². The predicted molar refractivity (Wildman–Crippen MR) is 71.0 cm³/mol. The van der Waals surface area contributed by atoms with Crippen molar-refractivity contribution in [2.75, 3.05) is 19.6 Å². The van der Waals surface area contributed by atoms with Crippen molar-refractivity contribution in [3.05, 3.63) is 35.6 Å². The minimum atomic E-state index is -0.231. The SMILES string of the molecule is O=C1N(Cc2ccc(F)cc2)CCC[C@]12CCNC2. The highest BCUT2D eigenvalue weighted by atomic mass is 19.1. The molecule has 0 aliphatic carbocycles. The molecule has 0 radical (unpaired) electrons. The van der Waals surface area contributed by atoms with Crippen LogP contribution in [0.15, 0.2) is 24.3 Å². The third kappa shape index (κ3) is 2.37. The number of nitrogens with zero attached hydrogens (tertiary/aromatic N) is 1. The fraction of sp³-hybridized carbons (Fsp3) is 0.533. The maximum absolute atomic E-state index is 12.9. The number of piperidine rings is 1. The number of likely N-dealkylation sites (tertiary alicyclic amines) is 1. The number of benzene rings is 1. The van der Waals surface area contributed by atoms with Crippen LogP contribution in [0.2, 0.25) is 0 Å². The summed E-state index contributed by atoms with van der Waals surface area (Å²) in [5.41, 5.74) is 0.830. The molecule has 2 saturated heterocycles. The van der Waals surface area contributed by atoms with E-state index in [1.807, 2.05) is 4.90 Å². The Morgan fingerprint density at radius 3 is 2.74 bits per heavy atom. The van der Waals surface area contributed by atoms with E-state index in [9.17, 15) is 9.18 Å². The van der Waals surface area contributed by atoms with Gasteiger partial charge in [0.15, 0.2) is 0 Å². The Bertz CT molecular complexity index is 466. The van der Waals surface area contributed by atoms with E-state index in [1.165, 1.54) is 12.1 Å². The van der Waals surface area contributed by atoms with Crippen molar-refractivity contribution in [1.82, 2.24) is 10.2 Å². The molecule has 102 valence electrons. The average Bonchev–Trinajstić information content (AvgIpc) is 2.87. The lowest BCUT2D eigenvalue weighted by Gasteiger charge is -2.39. The molecule has 1 aromatic carbocycles. The predicted octanol–water partition coefficient (Wildman–Crippen LogP) is 1.93. The summed E-state index contributed by atoms with van der Waals surface area (Å²) < 4.78 is 12.9. The molecule has 3 nitrogen and oxygen atoms in total. The summed E-state index contributed by atoms with van der Waals surface area (Å²) in [6.07, 6.45) is 3.01. The molecule has 2 aliphatic heterocycles. The van der Waals surface area contributed by atoms with E-state index < -0.39 is 0 Å². The Balaban J connectivity index is 1.73. The number of rotatable bonds is 2. The molecule has 2 aliphatic rings. The highest BCUT2D eigenvalue weighted by Gasteiger charge is 2.45. The van der Waals surface area contributed by atoms with Crippen molar-refractivity contribution < 1.29 is 9.18 Å². The highest BCUT2D eigenvalue weighted by Crippen LogP contribution is 2.37. The summed E-state index contributed by atoms with van der Waals surface area (Å²) in [6, 6.07) is 6.43. The minimum absolute atomic E-state index is 0.168. The van der Waals surface area contributed by atoms with Crippen molar-refractivity contribution in [3.63, 3.8) is 0 Å². The monoisotopic (exact) mass is 262 g/mol. The third-order valence-corrected chi connectivity index (χ3v) is 4.35. The molecular formula is C15H19FN2O. The third-order valence-electron chi connectivity index (χ3n) is 4.35. The Hall–Kier alpha value is -1.42. The van der Waals surface area contributed by atoms with Gasteiger partial charge in [0.05, 0.1) is 5.41 Å². The molecule has 4 heteroatoms. The normalized spacial score (nSPS) is 27.2. The van der Waals surface area contributed by atoms with Crippen molar-refractivity contribution in [2.24, 2.45) is 5.41 Å². The van der Waals surface area contributed by atoms with Crippen LogP contribution in [0.3, 0.4) is 0 Å². The lowest BCUT2D eigenvalue weighted by atomic mass is 9.78. The number of nitrogens with one attached hydrogen (secondary N) is 1. The Kier molecular flexibility index (Phi) is 3.27. The second-order valence-electron chi connectivity index (χ2n) is 5.66. The second kappa shape index (κ2) is 4.93. The second-order valence-corrected chi connectivity index (χ2v) is 5.66. The van der Waals surface area contributed by atoms with Gasteiger partial charge in [-0.05, 0) is 43.5 Å². The molecule has 0 saturated carbocycles. The molecule has 2 fully saturated rings. The zero-order chi connectivity index (χ0) is 13.3. The Morgan fingerprint density at radius 1 is 1.26 bits per heavy atom. The first-order valence-corrected chi connectivity index (χ1v) is 6.94. The Morgan fingerprint density at radius 2 is 2.05 bits per heavy atom. The van der Waals surface area contributed by atoms with Crippen LogP contribution < -0.4 is 5.32 Å². The number of halogens is 1. The first kappa shape index (κ1) is 12.6. The first-order chi connectivity index (χ1) is 9.20. The fourth-order valence-electron chi connectivity index (χ4n) is 3.25. The molecule has 1 spiro atoms. The molecule has 1 aromatic rings. The number of carbonyl (C=O) groups excluding carboxylic acids is 1. The van der Waals surface area contributed by atoms with Gasteiger partial charge in [-0.3, -0.25) is 4.79 Å². The van der Waals surface area contributed by atoms with Crippen molar-refractivity contribution >= 4 is 5.91 Å². The van der Waals surface area contributed by atoms with Crippen LogP contribution in [0.1, 0.15) is 24.8 Å². The van der Waals surface area contributed by atoms with Crippen molar-refractivity contribution in [1.29, 1.82) is 0 Å². The van der Waals surface area contributed by atoms with Gasteiger partial charge >= 0.3 is 0 Å². The molecule has 1 N–H and O–H groups in total. The van der Waals surface area contributed by atoms with Gasteiger partial charge in [-0.15, -0.1) is 0 Å². The summed E-state index contributed by atoms with van der Waals surface area (Å²) in [7, 11) is 0. The maximum Gasteiger partial charge on any atom is 0.230 e. The fourth-order valence-corrected chi connectivity index (χ4v) is 3.25. The van der Waals surface area contributed by atoms with Gasteiger partial charge in [-0.2, -0.15) is 0 Å². The van der Waals surface area contributed by atoms with Crippen LogP contribution in [-0.2, 0) is 11.3 Å². The van der Waals surface area contributed by atoms with Crippen molar-refractivity contribution in [2.45, 2.75) is 25.8 Å². The largest absolute Gasteiger partial charge is 0.338 e. The zero-order valence-corrected chi connectivity index (χ0v) is 11.0. The van der Waals surface area contributed by atoms with E-state index in [0.29, 0.717) is 6.54 Å². The van der Waals surface area contributed by atoms with Gasteiger partial charge in [-0.1, -0.05) is 12.1 Å². The molecule has 19 heavy (non-hydrogen) atoms. The zero-order valence-electron chi connectivity index (χ0n) is 11.0. The molecule has 0 aromatic heterocycles. The average molecular weight is 262 g/mol. The lowest BCUT2D eigenvalue weighted by Crippen LogP contribution is -2.49. The quantitative estimate of drug-likeness (QED) is 0.883. The summed E-state index contributed by atoms with van der Waals surface area (Å²) in [5, 5.41) is 3.31. The summed E-state index contributed by atoms with van der Waals surface area (Å²) >= 11 is 0. The van der Waals surface area contributed by atoms with Crippen molar-refractivity contribution in [3.8, 4) is 0 Å². The van der Waals surface area contributed by atoms with Gasteiger partial charge in [0.2, 0.25) is 5.91 Å². The van der Waals surface area contributed by atoms with E-state index in [0.717, 1.165) is 44.5 Å². The molecular weight excluding hydrogens is 243 g/mol. The molecule has 0 bridgehead atoms. The smallest absolute Gasteiger partial charge is 0.230 e. The topological polar surface area (TPSA) is 32.3 Å². The van der Waals surface area contributed by atoms with E-state index in [4.69, 9.17) is 0 Å². The van der Waals surface area contributed by atoms with Crippen LogP contribution in [-0.4, -0.2) is 30.4 Å². The minimum Gasteiger partial charge on any atom is -0.338 e. The standard InChI is InChI=1S/C15H19FN2O/c16-13-4-2-12(3-5-13)10-18-9-1-6-15(14(18)19)7-8-17-11-15/h2-5,17H,1,6-11H2/t15-/m1/s1. The molecule has 2 heterocycles. The van der Waals surface area contributed by atoms with E-state index in [-0.39, 0.29) is 17.1 Å². The van der Waals surface area contributed by atoms with Gasteiger partial charge in [0.25, 0.3) is 0 Å². The number of hydrogen-bond donors (Lipinski definition) is 1. The van der Waals surface area contributed by atoms with Crippen LogP contribution in [0.5, 0.6) is 0 Å². The summed E-state index contributed by atoms with van der Waals surface area (Å²) in [5.74, 6) is 0.0401. The van der Waals surface area contributed by atoms with Crippen LogP contribution in [0.25, 0.3) is 0 Å². The van der Waals surface area contributed by atoms with E-state index >= 15 is 0 Å². The Labute approximate surface area is 112 Å². The number of hydrogen-bond acceptors (Lipinski definition) is 2.